The number of esters is 1. The molecule has 0 saturated carbocycles. The number of amides is 2. The van der Waals surface area contributed by atoms with Crippen molar-refractivity contribution >= 4 is 39.9 Å². The van der Waals surface area contributed by atoms with Crippen LogP contribution in [-0.2, 0) is 20.9 Å². The van der Waals surface area contributed by atoms with E-state index in [9.17, 15) is 14.4 Å². The van der Waals surface area contributed by atoms with Crippen LogP contribution in [0.3, 0.4) is 0 Å². The Balaban J connectivity index is 1.47. The summed E-state index contributed by atoms with van der Waals surface area (Å²) in [6.45, 7) is 3.85. The van der Waals surface area contributed by atoms with Crippen LogP contribution in [0.4, 0.5) is 10.8 Å². The van der Waals surface area contributed by atoms with Crippen molar-refractivity contribution in [2.45, 2.75) is 33.3 Å². The van der Waals surface area contributed by atoms with E-state index < -0.39 is 5.97 Å². The first kappa shape index (κ1) is 24.9. The first-order valence-corrected chi connectivity index (χ1v) is 11.8. The molecule has 2 aromatic carbocycles. The molecule has 3 aromatic rings. The second-order valence-corrected chi connectivity index (χ2v) is 8.22. The first-order valence-electron chi connectivity index (χ1n) is 10.9. The van der Waals surface area contributed by atoms with Gasteiger partial charge >= 0.3 is 5.97 Å². The summed E-state index contributed by atoms with van der Waals surface area (Å²) >= 11 is 1.28. The number of benzene rings is 2. The Morgan fingerprint density at radius 3 is 2.47 bits per heavy atom. The van der Waals surface area contributed by atoms with Gasteiger partial charge in [-0.1, -0.05) is 31.5 Å². The second kappa shape index (κ2) is 12.5. The Bertz CT molecular complexity index is 1100. The van der Waals surface area contributed by atoms with Gasteiger partial charge in [0.1, 0.15) is 18.9 Å². The maximum Gasteiger partial charge on any atom is 0.325 e. The lowest BCUT2D eigenvalue weighted by atomic mass is 10.2. The van der Waals surface area contributed by atoms with Crippen molar-refractivity contribution in [3.8, 4) is 5.75 Å². The molecule has 0 unspecified atom stereocenters. The van der Waals surface area contributed by atoms with E-state index >= 15 is 0 Å². The van der Waals surface area contributed by atoms with Gasteiger partial charge in [-0.2, -0.15) is 0 Å². The minimum atomic E-state index is -0.589. The molecule has 0 saturated heterocycles. The summed E-state index contributed by atoms with van der Waals surface area (Å²) in [5.41, 5.74) is 1.64. The summed E-state index contributed by atoms with van der Waals surface area (Å²) in [5.74, 6) is -0.447. The zero-order valence-corrected chi connectivity index (χ0v) is 20.0. The van der Waals surface area contributed by atoms with E-state index in [0.29, 0.717) is 34.4 Å². The lowest BCUT2D eigenvalue weighted by molar-refractivity contribution is -0.143. The third kappa shape index (κ3) is 7.14. The van der Waals surface area contributed by atoms with Gasteiger partial charge in [-0.15, -0.1) is 11.3 Å². The van der Waals surface area contributed by atoms with Gasteiger partial charge in [-0.3, -0.25) is 19.3 Å². The van der Waals surface area contributed by atoms with Crippen molar-refractivity contribution in [1.82, 2.24) is 10.3 Å². The summed E-state index contributed by atoms with van der Waals surface area (Å²) < 4.78 is 10.8. The number of carbonyl (C=O) groups is 3. The van der Waals surface area contributed by atoms with Crippen molar-refractivity contribution < 1.29 is 23.9 Å². The van der Waals surface area contributed by atoms with Crippen molar-refractivity contribution in [2.75, 3.05) is 18.1 Å². The maximum absolute atomic E-state index is 12.3. The van der Waals surface area contributed by atoms with Crippen LogP contribution in [0.1, 0.15) is 42.7 Å². The van der Waals surface area contributed by atoms with E-state index in [1.807, 2.05) is 30.3 Å². The topological polar surface area (TPSA) is 97.8 Å². The lowest BCUT2D eigenvalue weighted by Gasteiger charge is -2.17. The predicted molar refractivity (Wildman–Crippen MR) is 130 cm³/mol. The normalized spacial score (nSPS) is 10.4. The first-order chi connectivity index (χ1) is 16.5. The average Bonchev–Trinajstić information content (AvgIpc) is 3.30. The van der Waals surface area contributed by atoms with Gasteiger partial charge in [0, 0.05) is 17.9 Å². The van der Waals surface area contributed by atoms with E-state index in [1.165, 1.54) is 23.2 Å². The number of unbranched alkanes of at least 4 members (excludes halogenated alkanes) is 1. The number of nitrogens with one attached hydrogen (secondary N) is 1. The number of thiazole rings is 1. The number of ether oxygens (including phenoxy) is 2. The SMILES string of the molecule is CCCCOc1ccc(C(=O)NCC(=O)OCc2csc(N(C(C)=O)c3ccccc3)n2)cc1. The molecular weight excluding hydrogens is 454 g/mol. The number of hydrogen-bond donors (Lipinski definition) is 1. The standard InChI is InChI=1S/C25H27N3O5S/c1-3-4-14-32-22-12-10-19(11-13-22)24(31)26-15-23(30)33-16-20-17-34-25(27-20)28(18(2)29)21-8-6-5-7-9-21/h5-13,17H,3-4,14-16H2,1-2H3,(H,26,31). The van der Waals surface area contributed by atoms with Crippen molar-refractivity contribution in [1.29, 1.82) is 0 Å². The average molecular weight is 482 g/mol. The molecule has 0 bridgehead atoms. The minimum Gasteiger partial charge on any atom is -0.494 e. The zero-order chi connectivity index (χ0) is 24.3. The molecule has 0 aliphatic carbocycles. The molecule has 0 spiro atoms. The molecule has 2 amide bonds. The molecule has 1 heterocycles. The molecular formula is C25H27N3O5S. The third-order valence-electron chi connectivity index (χ3n) is 4.72. The summed E-state index contributed by atoms with van der Waals surface area (Å²) in [5, 5.41) is 4.75. The monoisotopic (exact) mass is 481 g/mol. The molecule has 9 heteroatoms. The Morgan fingerprint density at radius 1 is 1.06 bits per heavy atom. The quantitative estimate of drug-likeness (QED) is 0.320. The van der Waals surface area contributed by atoms with Gasteiger partial charge in [0.2, 0.25) is 5.91 Å². The zero-order valence-electron chi connectivity index (χ0n) is 19.2. The van der Waals surface area contributed by atoms with Crippen LogP contribution in [0.25, 0.3) is 0 Å². The lowest BCUT2D eigenvalue weighted by Crippen LogP contribution is -2.30. The molecule has 0 fully saturated rings. The summed E-state index contributed by atoms with van der Waals surface area (Å²) in [4.78, 5) is 42.4. The fourth-order valence-corrected chi connectivity index (χ4v) is 3.84. The fraction of sp³-hybridized carbons (Fsp3) is 0.280. The second-order valence-electron chi connectivity index (χ2n) is 7.38. The van der Waals surface area contributed by atoms with Crippen molar-refractivity contribution in [3.05, 3.63) is 71.2 Å². The summed E-state index contributed by atoms with van der Waals surface area (Å²) in [7, 11) is 0. The predicted octanol–water partition coefficient (Wildman–Crippen LogP) is 4.48. The highest BCUT2D eigenvalue weighted by Crippen LogP contribution is 2.28. The van der Waals surface area contributed by atoms with Crippen LogP contribution >= 0.6 is 11.3 Å². The fourth-order valence-electron chi connectivity index (χ4n) is 2.97. The van der Waals surface area contributed by atoms with E-state index in [2.05, 4.69) is 17.2 Å². The van der Waals surface area contributed by atoms with Crippen LogP contribution in [0, 0.1) is 0 Å². The Kier molecular flexibility index (Phi) is 9.16. The van der Waals surface area contributed by atoms with Crippen LogP contribution in [0.5, 0.6) is 5.75 Å². The number of nitrogens with zero attached hydrogens (tertiary/aromatic N) is 2. The van der Waals surface area contributed by atoms with Gasteiger partial charge in [0.25, 0.3) is 5.91 Å². The number of rotatable bonds is 11. The smallest absolute Gasteiger partial charge is 0.325 e. The molecule has 0 radical (unpaired) electrons. The van der Waals surface area contributed by atoms with Crippen LogP contribution in [0.2, 0.25) is 0 Å². The maximum atomic E-state index is 12.3. The largest absolute Gasteiger partial charge is 0.494 e. The Morgan fingerprint density at radius 2 is 1.79 bits per heavy atom. The highest BCUT2D eigenvalue weighted by molar-refractivity contribution is 7.14. The molecule has 0 aliphatic rings. The van der Waals surface area contributed by atoms with E-state index in [4.69, 9.17) is 9.47 Å². The molecule has 0 aliphatic heterocycles. The number of para-hydroxylation sites is 1. The Labute approximate surface area is 202 Å². The summed E-state index contributed by atoms with van der Waals surface area (Å²) in [6, 6.07) is 15.9. The van der Waals surface area contributed by atoms with Crippen LogP contribution in [0.15, 0.2) is 60.0 Å². The number of carbonyl (C=O) groups excluding carboxylic acids is 3. The highest BCUT2D eigenvalue weighted by Gasteiger charge is 2.18. The van der Waals surface area contributed by atoms with E-state index in [1.54, 1.807) is 29.6 Å². The Hall–Kier alpha value is -3.72. The molecule has 8 nitrogen and oxygen atoms in total. The number of aromatic nitrogens is 1. The molecule has 3 rings (SSSR count). The van der Waals surface area contributed by atoms with Gasteiger partial charge < -0.3 is 14.8 Å². The van der Waals surface area contributed by atoms with Gasteiger partial charge in [0.15, 0.2) is 5.13 Å². The molecule has 1 N–H and O–H groups in total. The highest BCUT2D eigenvalue weighted by atomic mass is 32.1. The van der Waals surface area contributed by atoms with E-state index in [0.717, 1.165) is 12.8 Å². The molecule has 34 heavy (non-hydrogen) atoms. The van der Waals surface area contributed by atoms with Crippen LogP contribution in [-0.4, -0.2) is 35.9 Å². The van der Waals surface area contributed by atoms with Gasteiger partial charge in [0.05, 0.1) is 18.0 Å². The van der Waals surface area contributed by atoms with Crippen molar-refractivity contribution in [2.24, 2.45) is 0 Å². The number of hydrogen-bond acceptors (Lipinski definition) is 7. The minimum absolute atomic E-state index is 0.0600. The molecule has 0 atom stereocenters. The molecule has 1 aromatic heterocycles. The van der Waals surface area contributed by atoms with E-state index in [-0.39, 0.29) is 25.0 Å². The van der Waals surface area contributed by atoms with Gasteiger partial charge in [-0.25, -0.2) is 4.98 Å². The summed E-state index contributed by atoms with van der Waals surface area (Å²) in [6.07, 6.45) is 2.01. The van der Waals surface area contributed by atoms with Crippen LogP contribution < -0.4 is 15.0 Å². The number of anilines is 2. The van der Waals surface area contributed by atoms with Crippen molar-refractivity contribution in [3.63, 3.8) is 0 Å². The molecule has 178 valence electrons. The van der Waals surface area contributed by atoms with Gasteiger partial charge in [-0.05, 0) is 42.8 Å². The third-order valence-corrected chi connectivity index (χ3v) is 5.59.